The van der Waals surface area contributed by atoms with Crippen LogP contribution in [0, 0.1) is 12.7 Å². The Kier molecular flexibility index (Phi) is 5.05. The molecule has 3 aromatic rings. The number of urea groups is 1. The van der Waals surface area contributed by atoms with Gasteiger partial charge in [0.1, 0.15) is 5.82 Å². The minimum atomic E-state index is -0.278. The quantitative estimate of drug-likeness (QED) is 0.746. The molecule has 4 rings (SSSR count). The van der Waals surface area contributed by atoms with E-state index in [0.29, 0.717) is 42.6 Å². The summed E-state index contributed by atoms with van der Waals surface area (Å²) in [4.78, 5) is 18.7. The molecule has 2 aromatic heterocycles. The van der Waals surface area contributed by atoms with E-state index in [4.69, 9.17) is 4.52 Å². The van der Waals surface area contributed by atoms with Crippen LogP contribution in [0.3, 0.4) is 0 Å². The molecular formula is C19H21FN6O2. The first-order chi connectivity index (χ1) is 13.6. The normalized spacial score (nSPS) is 16.9. The highest BCUT2D eigenvalue weighted by Crippen LogP contribution is 2.25. The number of likely N-dealkylation sites (tertiary alicyclic amines) is 1. The maximum atomic E-state index is 13.8. The number of nitrogens with zero attached hydrogens (tertiary/aromatic N) is 5. The van der Waals surface area contributed by atoms with E-state index in [-0.39, 0.29) is 17.8 Å². The van der Waals surface area contributed by atoms with Gasteiger partial charge in [0.2, 0.25) is 5.89 Å². The van der Waals surface area contributed by atoms with Gasteiger partial charge >= 0.3 is 6.03 Å². The number of hydrogen-bond acceptors (Lipinski definition) is 5. The van der Waals surface area contributed by atoms with Crippen LogP contribution in [-0.2, 0) is 6.54 Å². The van der Waals surface area contributed by atoms with Crippen LogP contribution in [0.25, 0.3) is 0 Å². The lowest BCUT2D eigenvalue weighted by atomic mass is 9.98. The summed E-state index contributed by atoms with van der Waals surface area (Å²) in [6, 6.07) is 6.36. The average molecular weight is 384 g/mol. The highest BCUT2D eigenvalue weighted by atomic mass is 19.1. The van der Waals surface area contributed by atoms with Crippen LogP contribution < -0.4 is 5.32 Å². The van der Waals surface area contributed by atoms with Crippen molar-refractivity contribution >= 4 is 11.7 Å². The molecule has 1 aliphatic heterocycles. The van der Waals surface area contributed by atoms with Crippen LogP contribution in [0.5, 0.6) is 0 Å². The molecule has 0 spiro atoms. The fourth-order valence-electron chi connectivity index (χ4n) is 3.37. The Morgan fingerprint density at radius 1 is 1.39 bits per heavy atom. The number of carbonyl (C=O) groups is 1. The summed E-state index contributed by atoms with van der Waals surface area (Å²) >= 11 is 0. The number of nitrogens with one attached hydrogen (secondary N) is 1. The number of anilines is 1. The van der Waals surface area contributed by atoms with E-state index in [1.165, 1.54) is 6.07 Å². The van der Waals surface area contributed by atoms with Gasteiger partial charge in [-0.2, -0.15) is 10.1 Å². The first kappa shape index (κ1) is 18.1. The molecule has 0 unspecified atom stereocenters. The minimum Gasteiger partial charge on any atom is -0.340 e. The van der Waals surface area contributed by atoms with Crippen LogP contribution in [-0.4, -0.2) is 43.9 Å². The zero-order valence-electron chi connectivity index (χ0n) is 15.5. The molecule has 0 saturated carbocycles. The molecule has 1 aromatic carbocycles. The molecule has 1 aliphatic rings. The molecule has 28 heavy (non-hydrogen) atoms. The fraction of sp³-hybridized carbons (Fsp3) is 0.368. The first-order valence-corrected chi connectivity index (χ1v) is 9.20. The summed E-state index contributed by atoms with van der Waals surface area (Å²) in [5.41, 5.74) is 1.11. The van der Waals surface area contributed by atoms with Crippen molar-refractivity contribution in [3.63, 3.8) is 0 Å². The van der Waals surface area contributed by atoms with Gasteiger partial charge in [-0.1, -0.05) is 23.4 Å². The van der Waals surface area contributed by atoms with E-state index >= 15 is 0 Å². The fourth-order valence-corrected chi connectivity index (χ4v) is 3.37. The number of hydrogen-bond donors (Lipinski definition) is 1. The number of amides is 2. The number of rotatable bonds is 4. The topological polar surface area (TPSA) is 89.1 Å². The summed E-state index contributed by atoms with van der Waals surface area (Å²) in [6.07, 6.45) is 5.04. The lowest BCUT2D eigenvalue weighted by molar-refractivity contribution is 0.190. The lowest BCUT2D eigenvalue weighted by Crippen LogP contribution is -2.41. The maximum Gasteiger partial charge on any atom is 0.321 e. The average Bonchev–Trinajstić information content (AvgIpc) is 3.33. The molecule has 3 heterocycles. The summed E-state index contributed by atoms with van der Waals surface area (Å²) in [5.74, 6) is 0.965. The number of halogens is 1. The molecule has 2 amide bonds. The molecule has 1 atom stereocenters. The highest BCUT2D eigenvalue weighted by Gasteiger charge is 2.28. The van der Waals surface area contributed by atoms with Crippen molar-refractivity contribution in [2.24, 2.45) is 0 Å². The molecule has 9 heteroatoms. The Balaban J connectivity index is 1.37. The van der Waals surface area contributed by atoms with Gasteiger partial charge in [-0.3, -0.25) is 4.68 Å². The van der Waals surface area contributed by atoms with Crippen molar-refractivity contribution in [2.45, 2.75) is 32.2 Å². The Bertz CT molecular complexity index is 969. The second-order valence-electron chi connectivity index (χ2n) is 6.90. The van der Waals surface area contributed by atoms with Gasteiger partial charge < -0.3 is 14.7 Å². The van der Waals surface area contributed by atoms with Gasteiger partial charge in [-0.05, 0) is 18.9 Å². The minimum absolute atomic E-state index is 0.0701. The molecule has 1 saturated heterocycles. The van der Waals surface area contributed by atoms with Gasteiger partial charge in [0, 0.05) is 37.7 Å². The third-order valence-electron chi connectivity index (χ3n) is 4.79. The van der Waals surface area contributed by atoms with Gasteiger partial charge in [-0.25, -0.2) is 9.18 Å². The molecular weight excluding hydrogens is 363 g/mol. The lowest BCUT2D eigenvalue weighted by Gasteiger charge is -2.31. The SMILES string of the molecule is Cc1nc([C@H]2CCCN(C(=O)Nc3cnn(Cc4ccccc4F)c3)C2)no1. The molecule has 1 fully saturated rings. The number of benzene rings is 1. The van der Waals surface area contributed by atoms with Crippen LogP contribution in [0.4, 0.5) is 14.9 Å². The third-order valence-corrected chi connectivity index (χ3v) is 4.79. The van der Waals surface area contributed by atoms with Crippen molar-refractivity contribution in [3.05, 3.63) is 59.8 Å². The van der Waals surface area contributed by atoms with Crippen LogP contribution in [0.1, 0.15) is 36.0 Å². The Morgan fingerprint density at radius 2 is 2.25 bits per heavy atom. The third kappa shape index (κ3) is 4.03. The van der Waals surface area contributed by atoms with Crippen LogP contribution >= 0.6 is 0 Å². The smallest absolute Gasteiger partial charge is 0.321 e. The number of aromatic nitrogens is 4. The Labute approximate surface area is 161 Å². The predicted octanol–water partition coefficient (Wildman–Crippen LogP) is 3.17. The van der Waals surface area contributed by atoms with E-state index < -0.39 is 0 Å². The zero-order chi connectivity index (χ0) is 19.5. The van der Waals surface area contributed by atoms with E-state index in [9.17, 15) is 9.18 Å². The second kappa shape index (κ2) is 7.79. The van der Waals surface area contributed by atoms with Crippen LogP contribution in [0.2, 0.25) is 0 Å². The van der Waals surface area contributed by atoms with E-state index in [1.807, 2.05) is 0 Å². The van der Waals surface area contributed by atoms with E-state index in [1.54, 1.807) is 47.1 Å². The summed E-state index contributed by atoms with van der Waals surface area (Å²) in [5, 5.41) is 11.0. The van der Waals surface area contributed by atoms with Gasteiger partial charge in [0.05, 0.1) is 18.4 Å². The first-order valence-electron chi connectivity index (χ1n) is 9.20. The number of carbonyl (C=O) groups excluding carboxylic acids is 1. The standard InChI is InChI=1S/C19H21FN6O2/c1-13-22-18(24-28-13)15-6-4-8-25(10-15)19(27)23-16-9-21-26(12-16)11-14-5-2-3-7-17(14)20/h2-3,5,7,9,12,15H,4,6,8,10-11H2,1H3,(H,23,27)/t15-/m0/s1. The van der Waals surface area contributed by atoms with Crippen molar-refractivity contribution < 1.29 is 13.7 Å². The van der Waals surface area contributed by atoms with Crippen LogP contribution in [0.15, 0.2) is 41.2 Å². The highest BCUT2D eigenvalue weighted by molar-refractivity contribution is 5.89. The molecule has 146 valence electrons. The van der Waals surface area contributed by atoms with Crippen molar-refractivity contribution in [1.29, 1.82) is 0 Å². The number of piperidine rings is 1. The van der Waals surface area contributed by atoms with E-state index in [2.05, 4.69) is 20.6 Å². The van der Waals surface area contributed by atoms with Gasteiger partial charge in [0.25, 0.3) is 0 Å². The summed E-state index contributed by atoms with van der Waals surface area (Å²) in [6.45, 7) is 3.25. The van der Waals surface area contributed by atoms with Gasteiger partial charge in [0.15, 0.2) is 5.82 Å². The molecule has 0 bridgehead atoms. The van der Waals surface area contributed by atoms with Gasteiger partial charge in [-0.15, -0.1) is 0 Å². The maximum absolute atomic E-state index is 13.8. The predicted molar refractivity (Wildman–Crippen MR) is 99.3 cm³/mol. The monoisotopic (exact) mass is 384 g/mol. The molecule has 0 aliphatic carbocycles. The summed E-state index contributed by atoms with van der Waals surface area (Å²) in [7, 11) is 0. The van der Waals surface area contributed by atoms with Crippen molar-refractivity contribution in [1.82, 2.24) is 24.8 Å². The second-order valence-corrected chi connectivity index (χ2v) is 6.90. The zero-order valence-corrected chi connectivity index (χ0v) is 15.5. The Hall–Kier alpha value is -3.23. The summed E-state index contributed by atoms with van der Waals surface area (Å²) < 4.78 is 20.4. The largest absolute Gasteiger partial charge is 0.340 e. The molecule has 8 nitrogen and oxygen atoms in total. The Morgan fingerprint density at radius 3 is 3.04 bits per heavy atom. The molecule has 0 radical (unpaired) electrons. The number of aryl methyl sites for hydroxylation is 1. The van der Waals surface area contributed by atoms with E-state index in [0.717, 1.165) is 12.8 Å². The van der Waals surface area contributed by atoms with Crippen molar-refractivity contribution in [2.75, 3.05) is 18.4 Å². The van der Waals surface area contributed by atoms with Crippen molar-refractivity contribution in [3.8, 4) is 0 Å². The molecule has 1 N–H and O–H groups in total.